The average Bonchev–Trinajstić information content (AvgIpc) is 3.02. The van der Waals surface area contributed by atoms with Crippen LogP contribution in [0.4, 0.5) is 11.4 Å². The van der Waals surface area contributed by atoms with E-state index in [1.165, 1.54) is 23.8 Å². The highest BCUT2D eigenvalue weighted by molar-refractivity contribution is 6.12. The summed E-state index contributed by atoms with van der Waals surface area (Å²) in [5.41, 5.74) is 2.83. The topological polar surface area (TPSA) is 131 Å². The predicted molar refractivity (Wildman–Crippen MR) is 118 cm³/mol. The van der Waals surface area contributed by atoms with Crippen LogP contribution in [0, 0.1) is 16.0 Å². The second-order valence-electron chi connectivity index (χ2n) is 9.06. The number of hydrogen-bond donors (Lipinski definition) is 2. The van der Waals surface area contributed by atoms with Crippen LogP contribution in [0.3, 0.4) is 0 Å². The summed E-state index contributed by atoms with van der Waals surface area (Å²) >= 11 is 0. The summed E-state index contributed by atoms with van der Waals surface area (Å²) in [6, 6.07) is 7.76. The number of aromatic nitrogens is 1. The van der Waals surface area contributed by atoms with E-state index in [9.17, 15) is 24.5 Å². The number of imide groups is 1. The molecule has 2 aliphatic carbocycles. The first-order valence-corrected chi connectivity index (χ1v) is 11.3. The van der Waals surface area contributed by atoms with E-state index in [1.807, 2.05) is 0 Å². The minimum absolute atomic E-state index is 0.145. The molecule has 33 heavy (non-hydrogen) atoms. The van der Waals surface area contributed by atoms with E-state index in [-0.39, 0.29) is 23.7 Å². The van der Waals surface area contributed by atoms with Gasteiger partial charge in [-0.3, -0.25) is 34.8 Å². The van der Waals surface area contributed by atoms with Gasteiger partial charge in [-0.2, -0.15) is 0 Å². The minimum atomic E-state index is -1.16. The van der Waals surface area contributed by atoms with Crippen molar-refractivity contribution >= 4 is 29.1 Å². The van der Waals surface area contributed by atoms with Crippen molar-refractivity contribution in [1.29, 1.82) is 0 Å². The summed E-state index contributed by atoms with van der Waals surface area (Å²) in [5, 5.41) is 16.1. The van der Waals surface area contributed by atoms with Crippen LogP contribution >= 0.6 is 0 Å². The number of rotatable bonds is 4. The van der Waals surface area contributed by atoms with E-state index in [4.69, 9.17) is 4.98 Å². The van der Waals surface area contributed by atoms with E-state index in [1.54, 1.807) is 6.07 Å². The fraction of sp³-hybridized carbons (Fsp3) is 0.417. The van der Waals surface area contributed by atoms with E-state index in [0.717, 1.165) is 49.8 Å². The summed E-state index contributed by atoms with van der Waals surface area (Å²) in [7, 11) is 0. The Morgan fingerprint density at radius 3 is 2.76 bits per heavy atom. The van der Waals surface area contributed by atoms with Gasteiger partial charge in [-0.25, -0.2) is 0 Å². The Kier molecular flexibility index (Phi) is 5.19. The first kappa shape index (κ1) is 21.2. The van der Waals surface area contributed by atoms with Crippen LogP contribution in [0.15, 0.2) is 30.3 Å². The molecule has 2 aromatic rings. The van der Waals surface area contributed by atoms with Gasteiger partial charge >= 0.3 is 0 Å². The molecule has 3 aliphatic rings. The second-order valence-corrected chi connectivity index (χ2v) is 9.06. The zero-order chi connectivity index (χ0) is 23.2. The van der Waals surface area contributed by atoms with Gasteiger partial charge < -0.3 is 5.32 Å². The van der Waals surface area contributed by atoms with Crippen molar-refractivity contribution in [1.82, 2.24) is 10.3 Å². The third-order valence-electron chi connectivity index (χ3n) is 7.10. The third kappa shape index (κ3) is 3.57. The number of aryl methyl sites for hydroxylation is 3. The molecule has 0 radical (unpaired) electrons. The molecule has 0 bridgehead atoms. The zero-order valence-electron chi connectivity index (χ0n) is 18.1. The second kappa shape index (κ2) is 8.06. The lowest BCUT2D eigenvalue weighted by molar-refractivity contribution is -0.384. The van der Waals surface area contributed by atoms with Gasteiger partial charge in [0.25, 0.3) is 5.69 Å². The molecule has 2 atom stereocenters. The van der Waals surface area contributed by atoms with Crippen molar-refractivity contribution in [2.24, 2.45) is 5.92 Å². The van der Waals surface area contributed by atoms with Crippen LogP contribution < -0.4 is 10.6 Å². The van der Waals surface area contributed by atoms with Gasteiger partial charge in [0.05, 0.1) is 16.5 Å². The molecular weight excluding hydrogens is 424 g/mol. The molecule has 1 aromatic carbocycles. The minimum Gasteiger partial charge on any atom is -0.326 e. The Bertz CT molecular complexity index is 1190. The Morgan fingerprint density at radius 2 is 1.94 bits per heavy atom. The lowest BCUT2D eigenvalue weighted by atomic mass is 9.64. The number of pyridine rings is 1. The number of non-ortho nitro benzene ring substituents is 1. The fourth-order valence-corrected chi connectivity index (χ4v) is 5.55. The molecule has 1 aromatic heterocycles. The van der Waals surface area contributed by atoms with Crippen LogP contribution in [-0.4, -0.2) is 27.6 Å². The summed E-state index contributed by atoms with van der Waals surface area (Å²) in [4.78, 5) is 54.3. The SMILES string of the molecule is O=C(C[C@@H]1C(=O)NC(=O)[C@@]12CCCc1cc3c(nc12)CCCC3)Nc1cccc([N+](=O)[O-])c1. The number of amides is 3. The van der Waals surface area contributed by atoms with Crippen molar-refractivity contribution < 1.29 is 19.3 Å². The van der Waals surface area contributed by atoms with Crippen LogP contribution in [0.2, 0.25) is 0 Å². The molecule has 0 saturated carbocycles. The van der Waals surface area contributed by atoms with Gasteiger partial charge in [-0.05, 0) is 62.1 Å². The van der Waals surface area contributed by atoms with E-state index >= 15 is 0 Å². The summed E-state index contributed by atoms with van der Waals surface area (Å²) in [5.74, 6) is -2.21. The van der Waals surface area contributed by atoms with E-state index < -0.39 is 28.1 Å². The normalized spacial score (nSPS) is 23.6. The largest absolute Gasteiger partial charge is 0.326 e. The van der Waals surface area contributed by atoms with Crippen molar-refractivity contribution in [2.75, 3.05) is 5.32 Å². The van der Waals surface area contributed by atoms with Gasteiger partial charge in [0.1, 0.15) is 5.41 Å². The highest BCUT2D eigenvalue weighted by Gasteiger charge is 2.59. The first-order chi connectivity index (χ1) is 15.9. The number of nitrogens with zero attached hydrogens (tertiary/aromatic N) is 2. The quantitative estimate of drug-likeness (QED) is 0.420. The average molecular weight is 448 g/mol. The number of nitro groups is 1. The molecule has 3 amide bonds. The molecule has 9 heteroatoms. The summed E-state index contributed by atoms with van der Waals surface area (Å²) in [6.45, 7) is 0. The molecule has 170 valence electrons. The number of fused-ring (bicyclic) bond motifs is 3. The summed E-state index contributed by atoms with van der Waals surface area (Å²) < 4.78 is 0. The molecule has 1 aliphatic heterocycles. The number of hydrogen-bond acceptors (Lipinski definition) is 6. The number of benzene rings is 1. The van der Waals surface area contributed by atoms with Crippen LogP contribution in [0.5, 0.6) is 0 Å². The molecular formula is C24H24N4O5. The molecule has 0 unspecified atom stereocenters. The van der Waals surface area contributed by atoms with Crippen molar-refractivity contribution in [2.45, 2.75) is 56.8 Å². The molecule has 5 rings (SSSR count). The lowest BCUT2D eigenvalue weighted by Gasteiger charge is -2.37. The monoisotopic (exact) mass is 448 g/mol. The number of carbonyl (C=O) groups is 3. The molecule has 1 fully saturated rings. The van der Waals surface area contributed by atoms with Crippen LogP contribution in [0.1, 0.15) is 54.6 Å². The van der Waals surface area contributed by atoms with Crippen molar-refractivity contribution in [3.63, 3.8) is 0 Å². The molecule has 1 spiro atoms. The van der Waals surface area contributed by atoms with Crippen LogP contribution in [0.25, 0.3) is 0 Å². The maximum atomic E-state index is 13.2. The maximum Gasteiger partial charge on any atom is 0.271 e. The highest BCUT2D eigenvalue weighted by Crippen LogP contribution is 2.47. The number of nitrogens with one attached hydrogen (secondary N) is 2. The Hall–Kier alpha value is -3.62. The van der Waals surface area contributed by atoms with Gasteiger partial charge in [0.15, 0.2) is 0 Å². The fourth-order valence-electron chi connectivity index (χ4n) is 5.55. The zero-order valence-corrected chi connectivity index (χ0v) is 18.1. The Morgan fingerprint density at radius 1 is 1.15 bits per heavy atom. The molecule has 2 N–H and O–H groups in total. The van der Waals surface area contributed by atoms with Gasteiger partial charge in [0, 0.05) is 29.9 Å². The van der Waals surface area contributed by atoms with Gasteiger partial charge in [0.2, 0.25) is 17.7 Å². The number of anilines is 1. The standard InChI is InChI=1S/C24H24N4O5/c29-20(25-16-7-3-8-17(12-16)28(32)33)13-18-22(30)27-23(31)24(18)10-4-6-15-11-14-5-1-2-9-19(14)26-21(15)24/h3,7-8,11-12,18H,1-2,4-6,9-10,13H2,(H,25,29)(H,27,30,31)/t18-,24+/m1/s1. The Labute approximate surface area is 190 Å². The van der Waals surface area contributed by atoms with Crippen LogP contribution in [-0.2, 0) is 39.1 Å². The van der Waals surface area contributed by atoms with Crippen molar-refractivity contribution in [3.8, 4) is 0 Å². The predicted octanol–water partition coefficient (Wildman–Crippen LogP) is 2.74. The Balaban J connectivity index is 1.47. The van der Waals surface area contributed by atoms with Gasteiger partial charge in [-0.1, -0.05) is 12.1 Å². The third-order valence-corrected chi connectivity index (χ3v) is 7.10. The molecule has 2 heterocycles. The summed E-state index contributed by atoms with van der Waals surface area (Å²) in [6.07, 6.45) is 5.78. The van der Waals surface area contributed by atoms with E-state index in [2.05, 4.69) is 16.7 Å². The number of nitro benzene ring substituents is 1. The number of carbonyl (C=O) groups excluding carboxylic acids is 3. The van der Waals surface area contributed by atoms with Gasteiger partial charge in [-0.15, -0.1) is 0 Å². The van der Waals surface area contributed by atoms with E-state index in [0.29, 0.717) is 12.1 Å². The maximum absolute atomic E-state index is 13.2. The highest BCUT2D eigenvalue weighted by atomic mass is 16.6. The van der Waals surface area contributed by atoms with Crippen molar-refractivity contribution in [3.05, 3.63) is 63.0 Å². The molecule has 9 nitrogen and oxygen atoms in total. The first-order valence-electron chi connectivity index (χ1n) is 11.3. The molecule has 1 saturated heterocycles. The smallest absolute Gasteiger partial charge is 0.271 e. The lowest BCUT2D eigenvalue weighted by Crippen LogP contribution is -2.45.